The van der Waals surface area contributed by atoms with Crippen LogP contribution in [0.15, 0.2) is 12.5 Å². The number of carbonyl (C=O) groups is 1. The molecule has 84 valence electrons. The molecule has 0 aliphatic heterocycles. The number of halogens is 1. The van der Waals surface area contributed by atoms with Crippen LogP contribution in [-0.4, -0.2) is 35.7 Å². The fourth-order valence-electron chi connectivity index (χ4n) is 1.10. The van der Waals surface area contributed by atoms with E-state index in [0.29, 0.717) is 19.0 Å². The van der Waals surface area contributed by atoms with E-state index >= 15 is 0 Å². The summed E-state index contributed by atoms with van der Waals surface area (Å²) in [6.45, 7) is 1.27. The minimum absolute atomic E-state index is 0.0728. The molecule has 0 radical (unpaired) electrons. The molecular formula is C9H14ClN3O2. The van der Waals surface area contributed by atoms with E-state index in [1.165, 1.54) is 0 Å². The van der Waals surface area contributed by atoms with Gasteiger partial charge in [0.15, 0.2) is 0 Å². The van der Waals surface area contributed by atoms with Gasteiger partial charge in [-0.2, -0.15) is 0 Å². The summed E-state index contributed by atoms with van der Waals surface area (Å²) in [5, 5.41) is 2.72. The molecule has 0 atom stereocenters. The molecule has 0 saturated carbocycles. The normalized spacial score (nSPS) is 10.3. The summed E-state index contributed by atoms with van der Waals surface area (Å²) in [5.41, 5.74) is 0.832. The fraction of sp³-hybridized carbons (Fsp3) is 0.556. The summed E-state index contributed by atoms with van der Waals surface area (Å²) in [6, 6.07) is 0. The lowest BCUT2D eigenvalue weighted by Crippen LogP contribution is -2.30. The van der Waals surface area contributed by atoms with E-state index in [1.54, 1.807) is 24.2 Å². The number of hydrogen-bond donors (Lipinski definition) is 1. The Morgan fingerprint density at radius 3 is 3.20 bits per heavy atom. The lowest BCUT2D eigenvalue weighted by molar-refractivity contribution is -0.121. The van der Waals surface area contributed by atoms with Crippen molar-refractivity contribution in [2.75, 3.05) is 20.3 Å². The number of nitrogens with one attached hydrogen (secondary N) is 1. The van der Waals surface area contributed by atoms with Gasteiger partial charge in [-0.25, -0.2) is 4.98 Å². The van der Waals surface area contributed by atoms with Crippen molar-refractivity contribution in [3.05, 3.63) is 18.2 Å². The highest BCUT2D eigenvalue weighted by molar-refractivity contribution is 6.16. The van der Waals surface area contributed by atoms with Crippen LogP contribution in [0.1, 0.15) is 5.69 Å². The van der Waals surface area contributed by atoms with Gasteiger partial charge in [-0.15, -0.1) is 11.6 Å². The second kappa shape index (κ2) is 6.42. The van der Waals surface area contributed by atoms with Gasteiger partial charge in [0, 0.05) is 19.9 Å². The minimum atomic E-state index is -0.0728. The molecule has 0 saturated heterocycles. The zero-order chi connectivity index (χ0) is 11.1. The molecule has 0 fully saturated rings. The highest BCUT2D eigenvalue weighted by atomic mass is 35.5. The van der Waals surface area contributed by atoms with Crippen molar-refractivity contribution in [2.45, 2.75) is 12.4 Å². The number of rotatable bonds is 6. The summed E-state index contributed by atoms with van der Waals surface area (Å²) in [6.07, 6.45) is 3.24. The molecule has 1 amide bonds. The average molecular weight is 232 g/mol. The third-order valence-electron chi connectivity index (χ3n) is 1.88. The van der Waals surface area contributed by atoms with Crippen LogP contribution in [0.25, 0.3) is 0 Å². The Labute approximate surface area is 93.4 Å². The number of carbonyl (C=O) groups excluding carboxylic acids is 1. The molecule has 1 rings (SSSR count). The summed E-state index contributed by atoms with van der Waals surface area (Å²) in [4.78, 5) is 15.3. The van der Waals surface area contributed by atoms with Crippen LogP contribution >= 0.6 is 11.6 Å². The van der Waals surface area contributed by atoms with Gasteiger partial charge in [-0.3, -0.25) is 4.79 Å². The van der Waals surface area contributed by atoms with E-state index in [2.05, 4.69) is 10.3 Å². The largest absolute Gasteiger partial charge is 0.383 e. The molecule has 0 aliphatic rings. The van der Waals surface area contributed by atoms with Crippen molar-refractivity contribution >= 4 is 17.5 Å². The van der Waals surface area contributed by atoms with E-state index < -0.39 is 0 Å². The number of imidazole rings is 1. The number of methoxy groups -OCH3 is 1. The fourth-order valence-corrected chi connectivity index (χ4v) is 1.33. The van der Waals surface area contributed by atoms with Crippen molar-refractivity contribution in [3.8, 4) is 0 Å². The number of amides is 1. The monoisotopic (exact) mass is 231 g/mol. The van der Waals surface area contributed by atoms with Crippen LogP contribution in [0, 0.1) is 0 Å². The third kappa shape index (κ3) is 3.89. The highest BCUT2D eigenvalue weighted by Crippen LogP contribution is 2.02. The first-order chi connectivity index (χ1) is 7.27. The zero-order valence-corrected chi connectivity index (χ0v) is 9.33. The van der Waals surface area contributed by atoms with E-state index in [0.717, 1.165) is 5.69 Å². The summed E-state index contributed by atoms with van der Waals surface area (Å²) in [7, 11) is 1.59. The maximum atomic E-state index is 11.4. The highest BCUT2D eigenvalue weighted by Gasteiger charge is 2.05. The Kier molecular flexibility index (Phi) is 5.14. The van der Waals surface area contributed by atoms with E-state index in [1.807, 2.05) is 0 Å². The van der Waals surface area contributed by atoms with Gasteiger partial charge in [0.1, 0.15) is 6.54 Å². The molecule has 0 aliphatic carbocycles. The maximum absolute atomic E-state index is 11.4. The first-order valence-corrected chi connectivity index (χ1v) is 5.12. The second-order valence-electron chi connectivity index (χ2n) is 2.99. The molecule has 5 nitrogen and oxygen atoms in total. The number of alkyl halides is 1. The van der Waals surface area contributed by atoms with Gasteiger partial charge in [0.05, 0.1) is 24.5 Å². The Hall–Kier alpha value is -1.07. The molecule has 0 spiro atoms. The standard InChI is InChI=1S/C9H14ClN3O2/c1-15-3-2-12-9(14)6-13-7-11-5-8(13)4-10/h5,7H,2-4,6H2,1H3,(H,12,14). The molecule has 6 heteroatoms. The average Bonchev–Trinajstić information content (AvgIpc) is 2.65. The third-order valence-corrected chi connectivity index (χ3v) is 2.15. The summed E-state index contributed by atoms with van der Waals surface area (Å²) in [5.74, 6) is 0.280. The van der Waals surface area contributed by atoms with Gasteiger partial charge in [0.2, 0.25) is 5.91 Å². The molecule has 0 bridgehead atoms. The first kappa shape index (κ1) is 12.0. The smallest absolute Gasteiger partial charge is 0.240 e. The van der Waals surface area contributed by atoms with E-state index in [-0.39, 0.29) is 12.5 Å². The molecular weight excluding hydrogens is 218 g/mol. The van der Waals surface area contributed by atoms with Crippen LogP contribution in [0.3, 0.4) is 0 Å². The zero-order valence-electron chi connectivity index (χ0n) is 8.57. The van der Waals surface area contributed by atoms with Crippen LogP contribution in [-0.2, 0) is 22.0 Å². The predicted octanol–water partition coefficient (Wildman–Crippen LogP) is 0.385. The Balaban J connectivity index is 2.37. The number of hydrogen-bond acceptors (Lipinski definition) is 3. The van der Waals surface area contributed by atoms with Crippen molar-refractivity contribution in [1.29, 1.82) is 0 Å². The van der Waals surface area contributed by atoms with Gasteiger partial charge in [-0.05, 0) is 0 Å². The van der Waals surface area contributed by atoms with Crippen LogP contribution in [0.2, 0.25) is 0 Å². The van der Waals surface area contributed by atoms with Gasteiger partial charge in [0.25, 0.3) is 0 Å². The topological polar surface area (TPSA) is 56.1 Å². The summed E-state index contributed by atoms with van der Waals surface area (Å²) < 4.78 is 6.53. The first-order valence-electron chi connectivity index (χ1n) is 4.58. The lowest BCUT2D eigenvalue weighted by atomic mass is 10.5. The Morgan fingerprint density at radius 1 is 1.73 bits per heavy atom. The number of aromatic nitrogens is 2. The molecule has 1 heterocycles. The molecule has 0 unspecified atom stereocenters. The minimum Gasteiger partial charge on any atom is -0.383 e. The maximum Gasteiger partial charge on any atom is 0.240 e. The van der Waals surface area contributed by atoms with Gasteiger partial charge < -0.3 is 14.6 Å². The van der Waals surface area contributed by atoms with Crippen molar-refractivity contribution in [1.82, 2.24) is 14.9 Å². The van der Waals surface area contributed by atoms with Crippen molar-refractivity contribution < 1.29 is 9.53 Å². The Bertz CT molecular complexity index is 314. The quantitative estimate of drug-likeness (QED) is 0.569. The predicted molar refractivity (Wildman–Crippen MR) is 56.7 cm³/mol. The van der Waals surface area contributed by atoms with Crippen LogP contribution < -0.4 is 5.32 Å². The van der Waals surface area contributed by atoms with Crippen LogP contribution in [0.5, 0.6) is 0 Å². The molecule has 0 aromatic carbocycles. The van der Waals surface area contributed by atoms with Crippen molar-refractivity contribution in [3.63, 3.8) is 0 Å². The molecule has 1 N–H and O–H groups in total. The molecule has 15 heavy (non-hydrogen) atoms. The summed E-state index contributed by atoms with van der Waals surface area (Å²) >= 11 is 5.67. The number of ether oxygens (including phenoxy) is 1. The molecule has 1 aromatic rings. The Morgan fingerprint density at radius 2 is 2.53 bits per heavy atom. The number of nitrogens with zero attached hydrogens (tertiary/aromatic N) is 2. The van der Waals surface area contributed by atoms with Crippen LogP contribution in [0.4, 0.5) is 0 Å². The van der Waals surface area contributed by atoms with Crippen molar-refractivity contribution in [2.24, 2.45) is 0 Å². The second-order valence-corrected chi connectivity index (χ2v) is 3.26. The SMILES string of the molecule is COCCNC(=O)Cn1cncc1CCl. The van der Waals surface area contributed by atoms with E-state index in [9.17, 15) is 4.79 Å². The van der Waals surface area contributed by atoms with E-state index in [4.69, 9.17) is 16.3 Å². The van der Waals surface area contributed by atoms with Gasteiger partial charge in [-0.1, -0.05) is 0 Å². The molecule has 1 aromatic heterocycles. The van der Waals surface area contributed by atoms with Gasteiger partial charge >= 0.3 is 0 Å². The lowest BCUT2D eigenvalue weighted by Gasteiger charge is -2.06.